The van der Waals surface area contributed by atoms with Crippen LogP contribution in [0.15, 0.2) is 89.7 Å². The molecule has 0 unspecified atom stereocenters. The van der Waals surface area contributed by atoms with E-state index in [1.807, 2.05) is 60.7 Å². The molecule has 168 valence electrons. The SMILES string of the molecule is COc1ccccc1CN(Cc1ccccc1)Cc1nc(C(=O)NCc2ccccn2)co1. The van der Waals surface area contributed by atoms with Crippen LogP contribution in [0, 0.1) is 0 Å². The first kappa shape index (κ1) is 22.2. The van der Waals surface area contributed by atoms with Gasteiger partial charge in [0.2, 0.25) is 5.89 Å². The number of benzene rings is 2. The van der Waals surface area contributed by atoms with Gasteiger partial charge in [0.25, 0.3) is 5.91 Å². The molecule has 0 aliphatic heterocycles. The Hall–Kier alpha value is -3.97. The van der Waals surface area contributed by atoms with E-state index in [2.05, 4.69) is 32.3 Å². The Morgan fingerprint density at radius 3 is 2.55 bits per heavy atom. The van der Waals surface area contributed by atoms with Gasteiger partial charge in [0.15, 0.2) is 5.69 Å². The summed E-state index contributed by atoms with van der Waals surface area (Å²) in [6.07, 6.45) is 3.09. The van der Waals surface area contributed by atoms with Crippen molar-refractivity contribution in [1.82, 2.24) is 20.2 Å². The van der Waals surface area contributed by atoms with Gasteiger partial charge in [-0.25, -0.2) is 4.98 Å². The van der Waals surface area contributed by atoms with Gasteiger partial charge in [-0.1, -0.05) is 54.6 Å². The van der Waals surface area contributed by atoms with Gasteiger partial charge in [-0.15, -0.1) is 0 Å². The number of hydrogen-bond acceptors (Lipinski definition) is 6. The van der Waals surface area contributed by atoms with Crippen molar-refractivity contribution >= 4 is 5.91 Å². The van der Waals surface area contributed by atoms with Gasteiger partial charge >= 0.3 is 0 Å². The molecule has 0 spiro atoms. The zero-order valence-electron chi connectivity index (χ0n) is 18.5. The standard InChI is InChI=1S/C26H26N4O3/c1-32-24-13-6-5-11-21(24)17-30(16-20-9-3-2-4-10-20)18-25-29-23(19-33-25)26(31)28-15-22-12-7-8-14-27-22/h2-14,19H,15-18H2,1H3,(H,28,31). The molecule has 2 aromatic heterocycles. The van der Waals surface area contributed by atoms with Crippen LogP contribution in [0.3, 0.4) is 0 Å². The lowest BCUT2D eigenvalue weighted by molar-refractivity contribution is 0.0945. The van der Waals surface area contributed by atoms with E-state index in [1.165, 1.54) is 11.8 Å². The minimum Gasteiger partial charge on any atom is -0.496 e. The topological polar surface area (TPSA) is 80.5 Å². The van der Waals surface area contributed by atoms with E-state index in [0.29, 0.717) is 32.1 Å². The third-order valence-corrected chi connectivity index (χ3v) is 5.13. The van der Waals surface area contributed by atoms with Crippen molar-refractivity contribution in [1.29, 1.82) is 0 Å². The van der Waals surface area contributed by atoms with Gasteiger partial charge in [-0.3, -0.25) is 14.7 Å². The van der Waals surface area contributed by atoms with Crippen LogP contribution in [0.5, 0.6) is 5.75 Å². The second-order valence-electron chi connectivity index (χ2n) is 7.57. The van der Waals surface area contributed by atoms with Crippen LogP contribution in [0.25, 0.3) is 0 Å². The first-order valence-electron chi connectivity index (χ1n) is 10.7. The van der Waals surface area contributed by atoms with E-state index < -0.39 is 0 Å². The molecular formula is C26H26N4O3. The van der Waals surface area contributed by atoms with Crippen molar-refractivity contribution in [3.63, 3.8) is 0 Å². The predicted molar refractivity (Wildman–Crippen MR) is 124 cm³/mol. The number of para-hydroxylation sites is 1. The van der Waals surface area contributed by atoms with E-state index >= 15 is 0 Å². The Labute approximate surface area is 193 Å². The van der Waals surface area contributed by atoms with Crippen molar-refractivity contribution in [2.75, 3.05) is 7.11 Å². The molecule has 0 aliphatic carbocycles. The summed E-state index contributed by atoms with van der Waals surface area (Å²) in [6.45, 7) is 2.11. The second kappa shape index (κ2) is 11.1. The summed E-state index contributed by atoms with van der Waals surface area (Å²) in [4.78, 5) is 23.3. The molecule has 0 radical (unpaired) electrons. The normalized spacial score (nSPS) is 10.8. The molecule has 1 N–H and O–H groups in total. The highest BCUT2D eigenvalue weighted by Crippen LogP contribution is 2.21. The van der Waals surface area contributed by atoms with Crippen LogP contribution < -0.4 is 10.1 Å². The molecule has 1 amide bonds. The van der Waals surface area contributed by atoms with Crippen molar-refractivity contribution < 1.29 is 13.9 Å². The first-order valence-corrected chi connectivity index (χ1v) is 10.7. The van der Waals surface area contributed by atoms with Gasteiger partial charge in [0, 0.05) is 24.8 Å². The highest BCUT2D eigenvalue weighted by molar-refractivity contribution is 5.91. The number of rotatable bonds is 10. The molecule has 4 aromatic rings. The van der Waals surface area contributed by atoms with E-state index in [9.17, 15) is 4.79 Å². The Morgan fingerprint density at radius 2 is 1.76 bits per heavy atom. The van der Waals surface area contributed by atoms with Gasteiger partial charge in [-0.05, 0) is 23.8 Å². The molecule has 0 aliphatic rings. The smallest absolute Gasteiger partial charge is 0.273 e. The highest BCUT2D eigenvalue weighted by atomic mass is 16.5. The van der Waals surface area contributed by atoms with Crippen LogP contribution in [-0.4, -0.2) is 27.9 Å². The molecule has 2 aromatic carbocycles. The maximum Gasteiger partial charge on any atom is 0.273 e. The van der Waals surface area contributed by atoms with Crippen molar-refractivity contribution in [3.8, 4) is 5.75 Å². The lowest BCUT2D eigenvalue weighted by Gasteiger charge is -2.22. The van der Waals surface area contributed by atoms with E-state index in [0.717, 1.165) is 17.0 Å². The van der Waals surface area contributed by atoms with Crippen molar-refractivity contribution in [2.45, 2.75) is 26.2 Å². The summed E-state index contributed by atoms with van der Waals surface area (Å²) in [7, 11) is 1.67. The number of carbonyl (C=O) groups is 1. The number of nitrogens with one attached hydrogen (secondary N) is 1. The molecule has 33 heavy (non-hydrogen) atoms. The fourth-order valence-corrected chi connectivity index (χ4v) is 3.53. The summed E-state index contributed by atoms with van der Waals surface area (Å²) < 4.78 is 11.2. The number of carbonyl (C=O) groups excluding carboxylic acids is 1. The van der Waals surface area contributed by atoms with Gasteiger partial charge in [-0.2, -0.15) is 0 Å². The fraction of sp³-hybridized carbons (Fsp3) is 0.192. The van der Waals surface area contributed by atoms with Gasteiger partial charge < -0.3 is 14.5 Å². The number of amides is 1. The zero-order valence-corrected chi connectivity index (χ0v) is 18.5. The average Bonchev–Trinajstić information content (AvgIpc) is 3.33. The number of ether oxygens (including phenoxy) is 1. The number of methoxy groups -OCH3 is 1. The second-order valence-corrected chi connectivity index (χ2v) is 7.57. The predicted octanol–water partition coefficient (Wildman–Crippen LogP) is 4.21. The average molecular weight is 443 g/mol. The first-order chi connectivity index (χ1) is 16.2. The van der Waals surface area contributed by atoms with Crippen LogP contribution in [0.4, 0.5) is 0 Å². The molecule has 7 heteroatoms. The molecule has 4 rings (SSSR count). The lowest BCUT2D eigenvalue weighted by atomic mass is 10.1. The maximum atomic E-state index is 12.5. The summed E-state index contributed by atoms with van der Waals surface area (Å²) in [5, 5.41) is 2.82. The highest BCUT2D eigenvalue weighted by Gasteiger charge is 2.17. The minimum absolute atomic E-state index is 0.248. The molecule has 0 saturated carbocycles. The number of hydrogen-bond donors (Lipinski definition) is 1. The third kappa shape index (κ3) is 6.27. The van der Waals surface area contributed by atoms with Gasteiger partial charge in [0.1, 0.15) is 12.0 Å². The summed E-state index contributed by atoms with van der Waals surface area (Å²) in [5.41, 5.74) is 3.27. The van der Waals surface area contributed by atoms with Crippen LogP contribution in [0.1, 0.15) is 33.2 Å². The summed E-state index contributed by atoms with van der Waals surface area (Å²) >= 11 is 0. The molecule has 0 saturated heterocycles. The minimum atomic E-state index is -0.296. The quantitative estimate of drug-likeness (QED) is 0.396. The van der Waals surface area contributed by atoms with E-state index in [1.54, 1.807) is 13.3 Å². The molecule has 0 atom stereocenters. The van der Waals surface area contributed by atoms with Crippen molar-refractivity contribution in [2.24, 2.45) is 0 Å². The Balaban J connectivity index is 1.45. The fourth-order valence-electron chi connectivity index (χ4n) is 3.53. The Bertz CT molecular complexity index is 1160. The van der Waals surface area contributed by atoms with Crippen molar-refractivity contribution in [3.05, 3.63) is 114 Å². The molecule has 0 bridgehead atoms. The van der Waals surface area contributed by atoms with Crippen LogP contribution >= 0.6 is 0 Å². The number of pyridine rings is 1. The van der Waals surface area contributed by atoms with E-state index in [-0.39, 0.29) is 11.6 Å². The lowest BCUT2D eigenvalue weighted by Crippen LogP contribution is -2.24. The van der Waals surface area contributed by atoms with E-state index in [4.69, 9.17) is 9.15 Å². The van der Waals surface area contributed by atoms with Crippen LogP contribution in [0.2, 0.25) is 0 Å². The molecule has 7 nitrogen and oxygen atoms in total. The third-order valence-electron chi connectivity index (χ3n) is 5.13. The Morgan fingerprint density at radius 1 is 0.970 bits per heavy atom. The number of aromatic nitrogens is 2. The summed E-state index contributed by atoms with van der Waals surface area (Å²) in [6, 6.07) is 23.7. The number of nitrogens with zero attached hydrogens (tertiary/aromatic N) is 3. The maximum absolute atomic E-state index is 12.5. The van der Waals surface area contributed by atoms with Gasteiger partial charge in [0.05, 0.1) is 25.9 Å². The monoisotopic (exact) mass is 442 g/mol. The molecular weight excluding hydrogens is 416 g/mol. The Kier molecular flexibility index (Phi) is 7.45. The zero-order chi connectivity index (χ0) is 22.9. The molecule has 2 heterocycles. The molecule has 0 fully saturated rings. The summed E-state index contributed by atoms with van der Waals surface area (Å²) in [5.74, 6) is 1.01. The largest absolute Gasteiger partial charge is 0.496 e. The van der Waals surface area contributed by atoms with Crippen LogP contribution in [-0.2, 0) is 26.2 Å². The number of oxazole rings is 1.